The summed E-state index contributed by atoms with van der Waals surface area (Å²) in [6.45, 7) is 4.05. The average molecular weight is 414 g/mol. The number of hydrogen-bond acceptors (Lipinski definition) is 6. The molecule has 1 N–H and O–H groups in total. The van der Waals surface area contributed by atoms with Gasteiger partial charge in [0.1, 0.15) is 24.6 Å². The third-order valence-corrected chi connectivity index (χ3v) is 6.38. The summed E-state index contributed by atoms with van der Waals surface area (Å²) in [5, 5.41) is 19.3. The lowest BCUT2D eigenvalue weighted by Crippen LogP contribution is -2.55. The van der Waals surface area contributed by atoms with E-state index in [9.17, 15) is 9.90 Å². The van der Waals surface area contributed by atoms with Gasteiger partial charge in [-0.05, 0) is 68.2 Å². The topological polar surface area (TPSA) is 86.0 Å². The van der Waals surface area contributed by atoms with Gasteiger partial charge in [0.15, 0.2) is 0 Å². The molecule has 0 aromatic heterocycles. The average Bonchev–Trinajstić information content (AvgIpc) is 3.25. The van der Waals surface area contributed by atoms with Gasteiger partial charge in [0, 0.05) is 32.7 Å². The highest BCUT2D eigenvalue weighted by molar-refractivity contribution is 5.68. The Kier molecular flexibility index (Phi) is 6.76. The molecule has 1 amide bonds. The smallest absolute Gasteiger partial charge is 0.410 e. The van der Waals surface area contributed by atoms with Crippen LogP contribution >= 0.6 is 0 Å². The largest absolute Gasteiger partial charge is 0.491 e. The summed E-state index contributed by atoms with van der Waals surface area (Å²) >= 11 is 0. The van der Waals surface area contributed by atoms with Crippen LogP contribution in [0.1, 0.15) is 37.7 Å². The molecule has 2 saturated heterocycles. The molecule has 3 unspecified atom stereocenters. The van der Waals surface area contributed by atoms with Crippen molar-refractivity contribution < 1.29 is 19.4 Å². The molecular formula is C23H31N3O4. The zero-order chi connectivity index (χ0) is 20.9. The lowest BCUT2D eigenvalue weighted by molar-refractivity contribution is -0.00794. The fraction of sp³-hybridized carbons (Fsp3) is 0.652. The number of fused-ring (bicyclic) bond motifs is 2. The normalized spacial score (nSPS) is 25.5. The number of aliphatic hydroxyl groups is 1. The van der Waals surface area contributed by atoms with Crippen molar-refractivity contribution >= 4 is 6.09 Å². The Labute approximate surface area is 178 Å². The molecule has 2 heterocycles. The first-order chi connectivity index (χ1) is 14.6. The van der Waals surface area contributed by atoms with Crippen molar-refractivity contribution in [3.05, 3.63) is 29.8 Å². The monoisotopic (exact) mass is 413 g/mol. The van der Waals surface area contributed by atoms with Gasteiger partial charge < -0.3 is 19.5 Å². The van der Waals surface area contributed by atoms with Crippen LogP contribution in [0, 0.1) is 23.2 Å². The van der Waals surface area contributed by atoms with E-state index in [1.165, 1.54) is 0 Å². The molecule has 162 valence electrons. The van der Waals surface area contributed by atoms with E-state index < -0.39 is 6.10 Å². The van der Waals surface area contributed by atoms with Gasteiger partial charge in [-0.25, -0.2) is 4.79 Å². The van der Waals surface area contributed by atoms with Gasteiger partial charge in [-0.15, -0.1) is 0 Å². The van der Waals surface area contributed by atoms with Crippen LogP contribution in [-0.2, 0) is 4.74 Å². The first-order valence-electron chi connectivity index (χ1n) is 11.1. The standard InChI is InChI=1S/C23H31N3O4/c24-10-17-5-7-21(8-6-17)29-16-20(27)15-25-11-18-9-19(12-25)14-26(13-18)23(28)30-22-3-1-2-4-22/h5-8,18-20,22,27H,1-4,9,11-16H2. The van der Waals surface area contributed by atoms with Gasteiger partial charge >= 0.3 is 6.09 Å². The highest BCUT2D eigenvalue weighted by atomic mass is 16.6. The quantitative estimate of drug-likeness (QED) is 0.772. The van der Waals surface area contributed by atoms with Crippen molar-refractivity contribution in [3.63, 3.8) is 0 Å². The Morgan fingerprint density at radius 3 is 2.43 bits per heavy atom. The summed E-state index contributed by atoms with van der Waals surface area (Å²) in [6.07, 6.45) is 4.86. The molecule has 0 radical (unpaired) electrons. The van der Waals surface area contributed by atoms with Crippen LogP contribution in [0.3, 0.4) is 0 Å². The molecule has 4 rings (SSSR count). The zero-order valence-electron chi connectivity index (χ0n) is 17.4. The number of ether oxygens (including phenoxy) is 2. The summed E-state index contributed by atoms with van der Waals surface area (Å²) in [6, 6.07) is 8.98. The zero-order valence-corrected chi connectivity index (χ0v) is 17.4. The molecule has 2 bridgehead atoms. The molecule has 1 aromatic rings. The Bertz CT molecular complexity index is 743. The van der Waals surface area contributed by atoms with Gasteiger partial charge in [0.2, 0.25) is 0 Å². The summed E-state index contributed by atoms with van der Waals surface area (Å²) in [5.74, 6) is 1.51. The summed E-state index contributed by atoms with van der Waals surface area (Å²) in [7, 11) is 0. The molecule has 3 atom stereocenters. The highest BCUT2D eigenvalue weighted by Crippen LogP contribution is 2.30. The van der Waals surface area contributed by atoms with E-state index in [-0.39, 0.29) is 18.8 Å². The van der Waals surface area contributed by atoms with Crippen LogP contribution in [0.2, 0.25) is 0 Å². The summed E-state index contributed by atoms with van der Waals surface area (Å²) in [4.78, 5) is 16.7. The van der Waals surface area contributed by atoms with Gasteiger partial charge in [-0.1, -0.05) is 0 Å². The molecular weight excluding hydrogens is 382 g/mol. The Morgan fingerprint density at radius 2 is 1.80 bits per heavy atom. The maximum atomic E-state index is 12.5. The summed E-state index contributed by atoms with van der Waals surface area (Å²) in [5.41, 5.74) is 0.587. The van der Waals surface area contributed by atoms with Crippen LogP contribution < -0.4 is 4.74 Å². The Hall–Kier alpha value is -2.30. The van der Waals surface area contributed by atoms with Crippen LogP contribution in [0.25, 0.3) is 0 Å². The van der Waals surface area contributed by atoms with Crippen molar-refractivity contribution in [3.8, 4) is 11.8 Å². The fourth-order valence-corrected chi connectivity index (χ4v) is 5.08. The third kappa shape index (κ3) is 5.44. The SMILES string of the molecule is N#Cc1ccc(OCC(O)CN2CC3CC(C2)CN(C(=O)OC2CCCC2)C3)cc1. The number of hydrogen-bond donors (Lipinski definition) is 1. The molecule has 7 heteroatoms. The van der Waals surface area contributed by atoms with Crippen molar-refractivity contribution in [2.24, 2.45) is 11.8 Å². The third-order valence-electron chi connectivity index (χ3n) is 6.38. The van der Waals surface area contributed by atoms with E-state index in [1.54, 1.807) is 24.3 Å². The van der Waals surface area contributed by atoms with Crippen LogP contribution in [0.5, 0.6) is 5.75 Å². The molecule has 3 fully saturated rings. The van der Waals surface area contributed by atoms with E-state index in [0.29, 0.717) is 29.7 Å². The molecule has 1 aliphatic carbocycles. The van der Waals surface area contributed by atoms with Gasteiger partial charge in [-0.3, -0.25) is 4.90 Å². The second-order valence-corrected chi connectivity index (χ2v) is 8.98. The van der Waals surface area contributed by atoms with Crippen LogP contribution in [-0.4, -0.2) is 72.5 Å². The number of piperidine rings is 2. The number of aliphatic hydroxyl groups excluding tert-OH is 1. The molecule has 2 aliphatic heterocycles. The van der Waals surface area contributed by atoms with Crippen molar-refractivity contribution in [2.45, 2.75) is 44.3 Å². The lowest BCUT2D eigenvalue weighted by Gasteiger charge is -2.45. The van der Waals surface area contributed by atoms with Crippen molar-refractivity contribution in [1.82, 2.24) is 9.80 Å². The maximum absolute atomic E-state index is 12.5. The number of nitriles is 1. The number of benzene rings is 1. The second kappa shape index (κ2) is 9.67. The van der Waals surface area contributed by atoms with Crippen molar-refractivity contribution in [2.75, 3.05) is 39.3 Å². The van der Waals surface area contributed by atoms with E-state index in [2.05, 4.69) is 11.0 Å². The van der Waals surface area contributed by atoms with Crippen molar-refractivity contribution in [1.29, 1.82) is 5.26 Å². The summed E-state index contributed by atoms with van der Waals surface area (Å²) < 4.78 is 11.4. The second-order valence-electron chi connectivity index (χ2n) is 8.98. The minimum Gasteiger partial charge on any atom is -0.491 e. The molecule has 1 saturated carbocycles. The van der Waals surface area contributed by atoms with E-state index in [0.717, 1.165) is 58.3 Å². The van der Waals surface area contributed by atoms with E-state index >= 15 is 0 Å². The van der Waals surface area contributed by atoms with E-state index in [4.69, 9.17) is 14.7 Å². The van der Waals surface area contributed by atoms with E-state index in [1.807, 2.05) is 4.90 Å². The number of β-amino-alcohol motifs (C(OH)–C–C–N with tert-alkyl or cyclic N) is 1. The first-order valence-corrected chi connectivity index (χ1v) is 11.1. The lowest BCUT2D eigenvalue weighted by atomic mass is 9.84. The number of carbonyl (C=O) groups excluding carboxylic acids is 1. The molecule has 7 nitrogen and oxygen atoms in total. The minimum absolute atomic E-state index is 0.113. The van der Waals surface area contributed by atoms with Gasteiger partial charge in [0.25, 0.3) is 0 Å². The number of carbonyl (C=O) groups is 1. The highest BCUT2D eigenvalue weighted by Gasteiger charge is 2.37. The van der Waals surface area contributed by atoms with Crippen LogP contribution in [0.4, 0.5) is 4.79 Å². The number of rotatable bonds is 6. The van der Waals surface area contributed by atoms with Crippen LogP contribution in [0.15, 0.2) is 24.3 Å². The molecule has 1 aromatic carbocycles. The number of nitrogens with zero attached hydrogens (tertiary/aromatic N) is 3. The fourth-order valence-electron chi connectivity index (χ4n) is 5.08. The first kappa shape index (κ1) is 21.0. The number of amides is 1. The van der Waals surface area contributed by atoms with Gasteiger partial charge in [-0.2, -0.15) is 5.26 Å². The predicted octanol–water partition coefficient (Wildman–Crippen LogP) is 2.63. The Morgan fingerprint density at radius 1 is 1.13 bits per heavy atom. The molecule has 30 heavy (non-hydrogen) atoms. The minimum atomic E-state index is -0.581. The maximum Gasteiger partial charge on any atom is 0.410 e. The molecule has 0 spiro atoms. The Balaban J connectivity index is 1.21. The van der Waals surface area contributed by atoms with Gasteiger partial charge in [0.05, 0.1) is 11.6 Å². The predicted molar refractivity (Wildman–Crippen MR) is 111 cm³/mol. The molecule has 3 aliphatic rings. The number of likely N-dealkylation sites (tertiary alicyclic amines) is 2.